The van der Waals surface area contributed by atoms with Crippen LogP contribution in [-0.2, 0) is 4.74 Å². The van der Waals surface area contributed by atoms with Crippen LogP contribution in [0, 0.1) is 0 Å². The quantitative estimate of drug-likeness (QED) is 0.469. The largest absolute Gasteiger partial charge is 0.492 e. The van der Waals surface area contributed by atoms with Crippen molar-refractivity contribution in [3.05, 3.63) is 41.4 Å². The summed E-state index contributed by atoms with van der Waals surface area (Å²) in [5, 5.41) is 0.697. The second-order valence-electron chi connectivity index (χ2n) is 7.65. The first-order chi connectivity index (χ1) is 15.3. The lowest BCUT2D eigenvalue weighted by Crippen LogP contribution is -2.36. The molecular weight excluding hydrogens is 424 g/mol. The molecular formula is C22H25ClN2O4S. The molecule has 0 aliphatic rings. The molecule has 30 heavy (non-hydrogen) atoms. The van der Waals surface area contributed by atoms with E-state index in [1.54, 1.807) is 31.3 Å². The molecule has 2 aromatic heterocycles. The van der Waals surface area contributed by atoms with Crippen LogP contribution >= 0.6 is 22.9 Å². The van der Waals surface area contributed by atoms with Crippen molar-refractivity contribution in [3.63, 3.8) is 0 Å². The van der Waals surface area contributed by atoms with E-state index in [4.69, 9.17) is 29.9 Å². The third-order valence-electron chi connectivity index (χ3n) is 4.06. The van der Waals surface area contributed by atoms with Crippen LogP contribution in [-0.4, -0.2) is 48.8 Å². The number of hydrogen-bond donors (Lipinski definition) is 0. The van der Waals surface area contributed by atoms with Crippen molar-refractivity contribution in [1.29, 1.82) is 0 Å². The van der Waals surface area contributed by atoms with E-state index in [2.05, 4.69) is 4.98 Å². The molecule has 0 saturated heterocycles. The van der Waals surface area contributed by atoms with Crippen LogP contribution in [0.25, 0.3) is 21.5 Å². The van der Waals surface area contributed by atoms with E-state index in [0.29, 0.717) is 39.8 Å². The number of likely N-dealkylation sites (N-methyl/N-ethyl adjacent to an activating group) is 1. The van der Waals surface area contributed by atoms with Gasteiger partial charge in [0, 0.05) is 18.7 Å². The van der Waals surface area contributed by atoms with Gasteiger partial charge in [-0.25, -0.2) is 9.78 Å². The monoisotopic (exact) mass is 451 g/mol. The molecule has 0 atom stereocenters. The van der Waals surface area contributed by atoms with Crippen molar-refractivity contribution in [2.24, 2.45) is 0 Å². The molecule has 0 aliphatic heterocycles. The average molecular weight is 452 g/mol. The first kappa shape index (κ1) is 18.3. The number of carbonyl (C=O) groups is 1. The number of thiophene rings is 1. The highest BCUT2D eigenvalue weighted by molar-refractivity contribution is 7.21. The molecule has 3 aromatic rings. The number of pyridine rings is 1. The molecule has 3 rings (SSSR count). The van der Waals surface area contributed by atoms with Crippen molar-refractivity contribution >= 4 is 39.2 Å². The van der Waals surface area contributed by atoms with Gasteiger partial charge in [-0.3, -0.25) is 0 Å². The van der Waals surface area contributed by atoms with Gasteiger partial charge in [0.25, 0.3) is 0 Å². The number of rotatable bonds is 6. The van der Waals surface area contributed by atoms with Gasteiger partial charge in [-0.1, -0.05) is 22.9 Å². The van der Waals surface area contributed by atoms with Crippen LogP contribution in [0.15, 0.2) is 36.4 Å². The Morgan fingerprint density at radius 1 is 1.27 bits per heavy atom. The Morgan fingerprint density at radius 2 is 2.00 bits per heavy atom. The first-order valence-electron chi connectivity index (χ1n) is 10.8. The van der Waals surface area contributed by atoms with Crippen molar-refractivity contribution in [2.75, 3.05) is 27.2 Å². The minimum absolute atomic E-state index is 0.233. The summed E-state index contributed by atoms with van der Waals surface area (Å²) in [5.74, 6) is 0.646. The minimum atomic E-state index is -2.53. The number of fused-ring (bicyclic) bond motifs is 1. The summed E-state index contributed by atoms with van der Waals surface area (Å²) in [4.78, 5) is 18.0. The number of hydrogen-bond acceptors (Lipinski definition) is 6. The second-order valence-corrected chi connectivity index (χ2v) is 9.07. The first-order valence-corrected chi connectivity index (χ1v) is 10.5. The molecule has 0 bridgehead atoms. The van der Waals surface area contributed by atoms with E-state index < -0.39 is 18.7 Å². The third kappa shape index (κ3) is 5.55. The molecule has 0 aliphatic carbocycles. The van der Waals surface area contributed by atoms with Gasteiger partial charge in [-0.05, 0) is 51.1 Å². The summed E-state index contributed by atoms with van der Waals surface area (Å²) < 4.78 is 38.4. The fourth-order valence-corrected chi connectivity index (χ4v) is 3.71. The van der Waals surface area contributed by atoms with Gasteiger partial charge in [0.1, 0.15) is 18.0 Å². The highest BCUT2D eigenvalue weighted by atomic mass is 35.5. The predicted octanol–water partition coefficient (Wildman–Crippen LogP) is 5.87. The maximum absolute atomic E-state index is 12.0. The van der Waals surface area contributed by atoms with E-state index in [9.17, 15) is 4.79 Å². The fourth-order valence-electron chi connectivity index (χ4n) is 2.61. The lowest BCUT2D eigenvalue weighted by Gasteiger charge is -2.24. The molecule has 6 nitrogen and oxygen atoms in total. The Bertz CT molecular complexity index is 1130. The highest BCUT2D eigenvalue weighted by Gasteiger charge is 2.19. The Labute approximate surface area is 189 Å². The summed E-state index contributed by atoms with van der Waals surface area (Å²) in [6.07, 6.45) is -0.402. The van der Waals surface area contributed by atoms with Crippen LogP contribution in [0.3, 0.4) is 0 Å². The van der Waals surface area contributed by atoms with E-state index in [-0.39, 0.29) is 5.06 Å². The van der Waals surface area contributed by atoms with Crippen molar-refractivity contribution in [2.45, 2.75) is 26.4 Å². The molecule has 8 heteroatoms. The molecule has 2 heterocycles. The number of amides is 1. The summed E-state index contributed by atoms with van der Waals surface area (Å²) in [7, 11) is -0.876. The molecule has 0 spiro atoms. The number of carbonyl (C=O) groups excluding carboxylic acids is 1. The van der Waals surface area contributed by atoms with Crippen LogP contribution in [0.4, 0.5) is 4.79 Å². The van der Waals surface area contributed by atoms with Crippen LogP contribution in [0.1, 0.15) is 24.9 Å². The summed E-state index contributed by atoms with van der Waals surface area (Å²) >= 11 is 7.54. The molecule has 1 amide bonds. The number of nitrogens with zero attached hydrogens (tertiary/aromatic N) is 2. The lowest BCUT2D eigenvalue weighted by molar-refractivity contribution is 0.0278. The maximum atomic E-state index is 12.0. The summed E-state index contributed by atoms with van der Waals surface area (Å²) in [6.45, 7) is 6.15. The summed E-state index contributed by atoms with van der Waals surface area (Å²) in [6, 6.07) is 10.6. The normalized spacial score (nSPS) is 13.3. The Hall–Kier alpha value is -2.51. The topological polar surface area (TPSA) is 60.9 Å². The number of aromatic nitrogens is 1. The van der Waals surface area contributed by atoms with Crippen LogP contribution in [0.5, 0.6) is 10.8 Å². The molecule has 0 radical (unpaired) electrons. The molecule has 1 aromatic carbocycles. The number of benzene rings is 1. The Balaban J connectivity index is 1.64. The smallest absolute Gasteiger partial charge is 0.410 e. The molecule has 0 fully saturated rings. The molecule has 0 N–H and O–H groups in total. The van der Waals surface area contributed by atoms with Crippen molar-refractivity contribution < 1.29 is 23.1 Å². The maximum Gasteiger partial charge on any atom is 0.410 e. The number of ether oxygens (including phenoxy) is 3. The fraction of sp³-hybridized carbons (Fsp3) is 0.364. The van der Waals surface area contributed by atoms with E-state index in [1.807, 2.05) is 32.9 Å². The van der Waals surface area contributed by atoms with E-state index in [1.165, 1.54) is 4.90 Å². The van der Waals surface area contributed by atoms with Crippen LogP contribution < -0.4 is 9.47 Å². The van der Waals surface area contributed by atoms with E-state index in [0.717, 1.165) is 16.9 Å². The number of halogens is 1. The van der Waals surface area contributed by atoms with Gasteiger partial charge in [0.05, 0.1) is 38.6 Å². The lowest BCUT2D eigenvalue weighted by atomic mass is 10.1. The van der Waals surface area contributed by atoms with E-state index >= 15 is 0 Å². The second kappa shape index (κ2) is 9.10. The zero-order valence-electron chi connectivity index (χ0n) is 20.2. The van der Waals surface area contributed by atoms with Gasteiger partial charge in [0.2, 0.25) is 0 Å². The SMILES string of the molecule is [2H]C([2H])([2H])Oc1cc2nc(-c3ccc(OCCN(C)C(=O)OC(C)(C)C)cc3)cc(Cl)c2s1. The summed E-state index contributed by atoms with van der Waals surface area (Å²) in [5.41, 5.74) is 1.48. The molecule has 0 saturated carbocycles. The third-order valence-corrected chi connectivity index (χ3v) is 5.51. The van der Waals surface area contributed by atoms with Gasteiger partial charge in [0.15, 0.2) is 5.06 Å². The number of methoxy groups -OCH3 is 1. The predicted molar refractivity (Wildman–Crippen MR) is 121 cm³/mol. The van der Waals surface area contributed by atoms with Gasteiger partial charge >= 0.3 is 6.09 Å². The Kier molecular flexibility index (Phi) is 5.54. The minimum Gasteiger partial charge on any atom is -0.492 e. The molecule has 160 valence electrons. The average Bonchev–Trinajstić information content (AvgIpc) is 3.08. The molecule has 0 unspecified atom stereocenters. The van der Waals surface area contributed by atoms with Crippen LogP contribution in [0.2, 0.25) is 5.02 Å². The standard InChI is InChI=1S/C22H25ClN2O4S/c1-22(2,3)29-21(26)25(4)10-11-28-15-8-6-14(7-9-15)17-12-16(23)20-18(24-17)13-19(27-5)30-20/h6-9,12-13H,10-11H2,1-5H3/i5D3. The van der Waals surface area contributed by atoms with Crippen molar-refractivity contribution in [3.8, 4) is 22.1 Å². The zero-order chi connectivity index (χ0) is 24.4. The van der Waals surface area contributed by atoms with Crippen molar-refractivity contribution in [1.82, 2.24) is 9.88 Å². The van der Waals surface area contributed by atoms with Gasteiger partial charge in [-0.15, -0.1) is 0 Å². The van der Waals surface area contributed by atoms with Gasteiger partial charge < -0.3 is 19.1 Å². The highest BCUT2D eigenvalue weighted by Crippen LogP contribution is 2.37. The Morgan fingerprint density at radius 3 is 2.67 bits per heavy atom. The van der Waals surface area contributed by atoms with Gasteiger partial charge in [-0.2, -0.15) is 0 Å². The zero-order valence-corrected chi connectivity index (χ0v) is 18.8.